The number of carbonyl (C=O) groups excluding carboxylic acids is 1. The highest BCUT2D eigenvalue weighted by molar-refractivity contribution is 5.78. The second kappa shape index (κ2) is 3.59. The summed E-state index contributed by atoms with van der Waals surface area (Å²) in [6, 6.07) is 0. The van der Waals surface area contributed by atoms with Crippen molar-refractivity contribution < 1.29 is 9.53 Å². The van der Waals surface area contributed by atoms with Gasteiger partial charge in [0.1, 0.15) is 0 Å². The van der Waals surface area contributed by atoms with Gasteiger partial charge in [-0.3, -0.25) is 4.79 Å². The van der Waals surface area contributed by atoms with Crippen molar-refractivity contribution in [3.05, 3.63) is 0 Å². The van der Waals surface area contributed by atoms with Gasteiger partial charge in [0, 0.05) is 19.3 Å². The van der Waals surface area contributed by atoms with Crippen molar-refractivity contribution in [2.75, 3.05) is 0 Å². The predicted octanol–water partition coefficient (Wildman–Crippen LogP) is 1.86. The zero-order valence-corrected chi connectivity index (χ0v) is 8.53. The Balaban J connectivity index is 2.14. The van der Waals surface area contributed by atoms with Crippen LogP contribution in [-0.4, -0.2) is 23.0 Å². The van der Waals surface area contributed by atoms with E-state index in [2.05, 4.69) is 5.10 Å². The third kappa shape index (κ3) is 1.38. The Bertz CT molecular complexity index is 257. The molecule has 0 radical (unpaired) electrons. The number of ether oxygens (including phenoxy) is 1. The summed E-state index contributed by atoms with van der Waals surface area (Å²) in [4.78, 5) is 11.6. The van der Waals surface area contributed by atoms with E-state index in [1.54, 1.807) is 5.01 Å². The molecule has 0 saturated heterocycles. The third-order valence-electron chi connectivity index (χ3n) is 2.99. The molecule has 0 aromatic heterocycles. The summed E-state index contributed by atoms with van der Waals surface area (Å²) in [5.74, 6) is 0.0562. The highest BCUT2D eigenvalue weighted by Gasteiger charge is 2.45. The van der Waals surface area contributed by atoms with Crippen molar-refractivity contribution in [1.29, 1.82) is 0 Å². The normalized spacial score (nSPS) is 23.9. The number of hydrazone groups is 1. The minimum absolute atomic E-state index is 0.0562. The summed E-state index contributed by atoms with van der Waals surface area (Å²) in [6.45, 7) is 1.85. The van der Waals surface area contributed by atoms with E-state index in [1.165, 1.54) is 12.8 Å². The summed E-state index contributed by atoms with van der Waals surface area (Å²) in [5, 5.41) is 5.57. The van der Waals surface area contributed by atoms with Crippen LogP contribution in [0.4, 0.5) is 0 Å². The van der Waals surface area contributed by atoms with Crippen molar-refractivity contribution in [2.24, 2.45) is 5.10 Å². The van der Waals surface area contributed by atoms with E-state index < -0.39 is 5.72 Å². The Hall–Kier alpha value is -1.06. The monoisotopic (exact) mass is 196 g/mol. The fraction of sp³-hybridized carbons (Fsp3) is 0.800. The van der Waals surface area contributed by atoms with E-state index in [0.717, 1.165) is 25.7 Å². The van der Waals surface area contributed by atoms with Gasteiger partial charge in [-0.1, -0.05) is 13.3 Å². The molecular weight excluding hydrogens is 180 g/mol. The molecule has 0 bridgehead atoms. The molecule has 0 aromatic rings. The SMILES string of the molecule is CCC(=O)N1N=COC12CCCCC2. The lowest BCUT2D eigenvalue weighted by Gasteiger charge is -2.37. The molecule has 1 fully saturated rings. The second-order valence-electron chi connectivity index (χ2n) is 3.90. The lowest BCUT2D eigenvalue weighted by Crippen LogP contribution is -2.48. The lowest BCUT2D eigenvalue weighted by atomic mass is 9.91. The zero-order valence-electron chi connectivity index (χ0n) is 8.53. The Morgan fingerprint density at radius 3 is 2.86 bits per heavy atom. The van der Waals surface area contributed by atoms with Gasteiger partial charge in [-0.2, -0.15) is 5.01 Å². The summed E-state index contributed by atoms with van der Waals surface area (Å²) in [5.41, 5.74) is -0.425. The second-order valence-corrected chi connectivity index (χ2v) is 3.90. The molecule has 1 aliphatic carbocycles. The number of amides is 1. The zero-order chi connectivity index (χ0) is 10.0. The van der Waals surface area contributed by atoms with Gasteiger partial charge in [-0.15, -0.1) is 5.10 Å². The molecule has 14 heavy (non-hydrogen) atoms. The number of hydrogen-bond donors (Lipinski definition) is 0. The van der Waals surface area contributed by atoms with E-state index in [-0.39, 0.29) is 5.91 Å². The molecule has 78 valence electrons. The van der Waals surface area contributed by atoms with Crippen LogP contribution in [0.2, 0.25) is 0 Å². The van der Waals surface area contributed by atoms with Crippen molar-refractivity contribution in [2.45, 2.75) is 51.2 Å². The molecule has 1 amide bonds. The third-order valence-corrected chi connectivity index (χ3v) is 2.99. The van der Waals surface area contributed by atoms with E-state index in [4.69, 9.17) is 4.74 Å². The van der Waals surface area contributed by atoms with Crippen LogP contribution in [0.5, 0.6) is 0 Å². The standard InChI is InChI=1S/C10H16N2O2/c1-2-9(13)12-10(14-8-11-12)6-4-3-5-7-10/h8H,2-7H2,1H3. The molecule has 1 heterocycles. The van der Waals surface area contributed by atoms with Crippen LogP contribution in [0.1, 0.15) is 45.4 Å². The molecule has 2 rings (SSSR count). The fourth-order valence-corrected chi connectivity index (χ4v) is 2.20. The Morgan fingerprint density at radius 1 is 1.50 bits per heavy atom. The first kappa shape index (κ1) is 9.49. The Morgan fingerprint density at radius 2 is 2.21 bits per heavy atom. The maximum Gasteiger partial charge on any atom is 0.246 e. The maximum absolute atomic E-state index is 11.6. The summed E-state index contributed by atoms with van der Waals surface area (Å²) in [6.07, 6.45) is 7.21. The quantitative estimate of drug-likeness (QED) is 0.642. The summed E-state index contributed by atoms with van der Waals surface area (Å²) in [7, 11) is 0. The van der Waals surface area contributed by atoms with E-state index in [9.17, 15) is 4.79 Å². The van der Waals surface area contributed by atoms with Crippen molar-refractivity contribution >= 4 is 12.3 Å². The molecule has 0 atom stereocenters. The highest BCUT2D eigenvalue weighted by Crippen LogP contribution is 2.37. The minimum atomic E-state index is -0.425. The van der Waals surface area contributed by atoms with Crippen LogP contribution in [0.25, 0.3) is 0 Å². The van der Waals surface area contributed by atoms with E-state index in [0.29, 0.717) is 6.42 Å². The Kier molecular flexibility index (Phi) is 2.44. The molecule has 4 nitrogen and oxygen atoms in total. The maximum atomic E-state index is 11.6. The van der Waals surface area contributed by atoms with Gasteiger partial charge in [-0.25, -0.2) is 0 Å². The highest BCUT2D eigenvalue weighted by atomic mass is 16.5. The minimum Gasteiger partial charge on any atom is -0.454 e. The molecule has 1 spiro atoms. The fourth-order valence-electron chi connectivity index (χ4n) is 2.20. The smallest absolute Gasteiger partial charge is 0.246 e. The molecule has 0 unspecified atom stereocenters. The van der Waals surface area contributed by atoms with Gasteiger partial charge in [-0.05, 0) is 12.8 Å². The number of carbonyl (C=O) groups is 1. The molecule has 1 aliphatic heterocycles. The van der Waals surface area contributed by atoms with Crippen LogP contribution in [0, 0.1) is 0 Å². The summed E-state index contributed by atoms with van der Waals surface area (Å²) >= 11 is 0. The van der Waals surface area contributed by atoms with E-state index >= 15 is 0 Å². The molecule has 4 heteroatoms. The number of nitrogens with zero attached hydrogens (tertiary/aromatic N) is 2. The molecule has 1 saturated carbocycles. The topological polar surface area (TPSA) is 41.9 Å². The van der Waals surface area contributed by atoms with E-state index in [1.807, 2.05) is 6.92 Å². The largest absolute Gasteiger partial charge is 0.454 e. The van der Waals surface area contributed by atoms with Crippen molar-refractivity contribution in [3.8, 4) is 0 Å². The molecule has 0 aromatic carbocycles. The number of rotatable bonds is 1. The Labute approximate surface area is 83.9 Å². The van der Waals surface area contributed by atoms with Crippen molar-refractivity contribution in [3.63, 3.8) is 0 Å². The molecular formula is C10H16N2O2. The van der Waals surface area contributed by atoms with Crippen LogP contribution in [0.15, 0.2) is 5.10 Å². The van der Waals surface area contributed by atoms with Crippen LogP contribution in [0.3, 0.4) is 0 Å². The van der Waals surface area contributed by atoms with Crippen LogP contribution >= 0.6 is 0 Å². The average molecular weight is 196 g/mol. The first-order chi connectivity index (χ1) is 6.78. The van der Waals surface area contributed by atoms with Crippen LogP contribution in [-0.2, 0) is 9.53 Å². The van der Waals surface area contributed by atoms with Crippen LogP contribution < -0.4 is 0 Å². The first-order valence-corrected chi connectivity index (χ1v) is 5.32. The van der Waals surface area contributed by atoms with Gasteiger partial charge >= 0.3 is 0 Å². The van der Waals surface area contributed by atoms with Gasteiger partial charge < -0.3 is 4.74 Å². The van der Waals surface area contributed by atoms with Gasteiger partial charge in [0.05, 0.1) is 0 Å². The van der Waals surface area contributed by atoms with Gasteiger partial charge in [0.25, 0.3) is 0 Å². The van der Waals surface area contributed by atoms with Crippen molar-refractivity contribution in [1.82, 2.24) is 5.01 Å². The van der Waals surface area contributed by atoms with Gasteiger partial charge in [0.15, 0.2) is 6.40 Å². The number of hydrogen-bond acceptors (Lipinski definition) is 3. The first-order valence-electron chi connectivity index (χ1n) is 5.32. The molecule has 0 N–H and O–H groups in total. The molecule has 2 aliphatic rings. The predicted molar refractivity (Wildman–Crippen MR) is 52.5 cm³/mol. The lowest BCUT2D eigenvalue weighted by molar-refractivity contribution is -0.153. The summed E-state index contributed by atoms with van der Waals surface area (Å²) < 4.78 is 5.53. The van der Waals surface area contributed by atoms with Gasteiger partial charge in [0.2, 0.25) is 11.6 Å². The average Bonchev–Trinajstić information content (AvgIpc) is 2.62.